The van der Waals surface area contributed by atoms with Crippen molar-refractivity contribution < 1.29 is 34.3 Å². The molecule has 4 aliphatic rings. The summed E-state index contributed by atoms with van der Waals surface area (Å²) in [7, 11) is 0. The van der Waals surface area contributed by atoms with E-state index in [1.54, 1.807) is 0 Å². The van der Waals surface area contributed by atoms with Crippen molar-refractivity contribution >= 4 is 5.91 Å². The SMILES string of the molecule is CC(C)C[C@@H]1CCO[C@@H]2[C@H](CN[C@@H]2C(=O)N[C@H]2[C@H]3O[C@H](OCC/C=C\[C@H]2C)[C@H](O)[C@@H](O)[C@H]3O)C1. The van der Waals surface area contributed by atoms with Gasteiger partial charge in [-0.1, -0.05) is 32.9 Å². The van der Waals surface area contributed by atoms with Gasteiger partial charge in [0.05, 0.1) is 18.8 Å². The van der Waals surface area contributed by atoms with Crippen LogP contribution in [0.1, 0.15) is 46.5 Å². The minimum atomic E-state index is -1.43. The van der Waals surface area contributed by atoms with Crippen LogP contribution < -0.4 is 10.6 Å². The van der Waals surface area contributed by atoms with Gasteiger partial charge in [-0.2, -0.15) is 0 Å². The summed E-state index contributed by atoms with van der Waals surface area (Å²) in [4.78, 5) is 13.5. The molecule has 3 saturated heterocycles. The number of rotatable bonds is 4. The molecule has 4 aliphatic heterocycles. The predicted molar refractivity (Wildman–Crippen MR) is 125 cm³/mol. The van der Waals surface area contributed by atoms with E-state index in [4.69, 9.17) is 14.2 Å². The average Bonchev–Trinajstić information content (AvgIpc) is 3.08. The second-order valence-electron chi connectivity index (χ2n) is 10.9. The Kier molecular flexibility index (Phi) is 8.66. The third-order valence-electron chi connectivity index (χ3n) is 7.79. The normalized spacial score (nSPS) is 46.4. The van der Waals surface area contributed by atoms with E-state index in [0.717, 1.165) is 19.4 Å². The first-order chi connectivity index (χ1) is 16.3. The zero-order valence-electron chi connectivity index (χ0n) is 20.5. The average molecular weight is 483 g/mol. The van der Waals surface area contributed by atoms with Crippen molar-refractivity contribution in [2.75, 3.05) is 19.8 Å². The van der Waals surface area contributed by atoms with Gasteiger partial charge in [0.2, 0.25) is 5.91 Å². The molecule has 2 bridgehead atoms. The van der Waals surface area contributed by atoms with Crippen LogP contribution in [0.25, 0.3) is 0 Å². The third-order valence-corrected chi connectivity index (χ3v) is 7.79. The molecule has 0 saturated carbocycles. The molecule has 194 valence electrons. The summed E-state index contributed by atoms with van der Waals surface area (Å²) in [6.45, 7) is 8.14. The number of amides is 1. The molecule has 5 N–H and O–H groups in total. The molecule has 11 atom stereocenters. The van der Waals surface area contributed by atoms with Crippen molar-refractivity contribution in [1.82, 2.24) is 10.6 Å². The van der Waals surface area contributed by atoms with Gasteiger partial charge in [-0.3, -0.25) is 4.79 Å². The molecule has 0 aromatic heterocycles. The summed E-state index contributed by atoms with van der Waals surface area (Å²) in [5.41, 5.74) is 0. The summed E-state index contributed by atoms with van der Waals surface area (Å²) < 4.78 is 17.7. The van der Waals surface area contributed by atoms with E-state index in [1.165, 1.54) is 6.42 Å². The monoisotopic (exact) mass is 482 g/mol. The van der Waals surface area contributed by atoms with Gasteiger partial charge in [-0.05, 0) is 49.4 Å². The molecule has 3 fully saturated rings. The highest BCUT2D eigenvalue weighted by Gasteiger charge is 2.50. The van der Waals surface area contributed by atoms with Gasteiger partial charge in [-0.15, -0.1) is 0 Å². The van der Waals surface area contributed by atoms with E-state index in [9.17, 15) is 20.1 Å². The number of nitrogens with one attached hydrogen (secondary N) is 2. The lowest BCUT2D eigenvalue weighted by Gasteiger charge is -2.45. The smallest absolute Gasteiger partial charge is 0.240 e. The van der Waals surface area contributed by atoms with E-state index >= 15 is 0 Å². The van der Waals surface area contributed by atoms with Crippen LogP contribution in [0.4, 0.5) is 0 Å². The van der Waals surface area contributed by atoms with Crippen LogP contribution >= 0.6 is 0 Å². The Hall–Kier alpha value is -1.07. The first-order valence-corrected chi connectivity index (χ1v) is 12.9. The van der Waals surface area contributed by atoms with E-state index in [0.29, 0.717) is 31.5 Å². The Balaban J connectivity index is 1.48. The quantitative estimate of drug-likeness (QED) is 0.363. The fourth-order valence-electron chi connectivity index (χ4n) is 6.03. The highest BCUT2D eigenvalue weighted by molar-refractivity contribution is 5.83. The molecule has 9 heteroatoms. The lowest BCUT2D eigenvalue weighted by atomic mass is 9.84. The molecule has 4 rings (SSSR count). The second kappa shape index (κ2) is 11.3. The fraction of sp³-hybridized carbons (Fsp3) is 0.880. The van der Waals surface area contributed by atoms with Crippen molar-refractivity contribution in [2.24, 2.45) is 23.7 Å². The van der Waals surface area contributed by atoms with E-state index < -0.39 is 42.8 Å². The number of carbonyl (C=O) groups is 1. The zero-order chi connectivity index (χ0) is 24.4. The fourth-order valence-corrected chi connectivity index (χ4v) is 6.03. The Labute approximate surface area is 202 Å². The summed E-state index contributed by atoms with van der Waals surface area (Å²) in [5.74, 6) is 1.16. The summed E-state index contributed by atoms with van der Waals surface area (Å²) in [6, 6.07) is -1.11. The van der Waals surface area contributed by atoms with Gasteiger partial charge >= 0.3 is 0 Å². The maximum Gasteiger partial charge on any atom is 0.240 e. The van der Waals surface area contributed by atoms with Crippen molar-refractivity contribution in [2.45, 2.75) is 95.3 Å². The Morgan fingerprint density at radius 3 is 2.68 bits per heavy atom. The summed E-state index contributed by atoms with van der Waals surface area (Å²) >= 11 is 0. The van der Waals surface area contributed by atoms with Gasteiger partial charge in [0, 0.05) is 13.2 Å². The Morgan fingerprint density at radius 2 is 1.91 bits per heavy atom. The van der Waals surface area contributed by atoms with Crippen molar-refractivity contribution in [3.8, 4) is 0 Å². The minimum Gasteiger partial charge on any atom is -0.388 e. The van der Waals surface area contributed by atoms with Gasteiger partial charge in [0.1, 0.15) is 30.5 Å². The lowest BCUT2D eigenvalue weighted by Crippen LogP contribution is -2.66. The van der Waals surface area contributed by atoms with Crippen LogP contribution in [-0.2, 0) is 19.0 Å². The van der Waals surface area contributed by atoms with Crippen LogP contribution in [0.2, 0.25) is 0 Å². The molecular formula is C25H42N2O7. The first kappa shape index (κ1) is 26.0. The number of hydrogen-bond acceptors (Lipinski definition) is 8. The molecule has 0 aliphatic carbocycles. The number of aliphatic hydroxyl groups is 3. The van der Waals surface area contributed by atoms with Gasteiger partial charge in [0.25, 0.3) is 0 Å². The third kappa shape index (κ3) is 5.67. The van der Waals surface area contributed by atoms with Crippen LogP contribution in [0.15, 0.2) is 12.2 Å². The number of carbonyl (C=O) groups excluding carboxylic acids is 1. The summed E-state index contributed by atoms with van der Waals surface area (Å²) in [6.07, 6.45) is 1.42. The van der Waals surface area contributed by atoms with Crippen molar-refractivity contribution in [1.29, 1.82) is 0 Å². The molecular weight excluding hydrogens is 440 g/mol. The molecule has 0 aromatic carbocycles. The highest BCUT2D eigenvalue weighted by Crippen LogP contribution is 2.34. The van der Waals surface area contributed by atoms with Crippen LogP contribution in [0.5, 0.6) is 0 Å². The topological polar surface area (TPSA) is 130 Å². The van der Waals surface area contributed by atoms with Crippen LogP contribution in [0.3, 0.4) is 0 Å². The van der Waals surface area contributed by atoms with E-state index in [2.05, 4.69) is 24.5 Å². The van der Waals surface area contributed by atoms with Gasteiger partial charge in [0.15, 0.2) is 6.29 Å². The Morgan fingerprint density at radius 1 is 1.12 bits per heavy atom. The second-order valence-corrected chi connectivity index (χ2v) is 10.9. The van der Waals surface area contributed by atoms with Crippen LogP contribution in [-0.4, -0.2) is 89.9 Å². The number of fused-ring (bicyclic) bond motifs is 3. The maximum absolute atomic E-state index is 13.5. The summed E-state index contributed by atoms with van der Waals surface area (Å²) in [5, 5.41) is 37.9. The molecule has 0 unspecified atom stereocenters. The number of hydrogen-bond donors (Lipinski definition) is 5. The molecule has 1 amide bonds. The first-order valence-electron chi connectivity index (χ1n) is 12.9. The Bertz CT molecular complexity index is 719. The molecule has 9 nitrogen and oxygen atoms in total. The maximum atomic E-state index is 13.5. The van der Waals surface area contributed by atoms with Crippen molar-refractivity contribution in [3.05, 3.63) is 12.2 Å². The van der Waals surface area contributed by atoms with E-state index in [-0.39, 0.29) is 23.8 Å². The number of ether oxygens (including phenoxy) is 3. The van der Waals surface area contributed by atoms with Gasteiger partial charge < -0.3 is 40.2 Å². The van der Waals surface area contributed by atoms with Crippen molar-refractivity contribution in [3.63, 3.8) is 0 Å². The number of aliphatic hydroxyl groups excluding tert-OH is 3. The molecule has 0 spiro atoms. The standard InChI is InChI=1S/C25H42N2O7/c1-13(2)10-15-7-9-32-22-16(11-15)12-26-18(22)24(31)27-17-14(3)6-4-5-8-33-25-21(30)19(28)20(29)23(17)34-25/h4,6,13-23,25-26,28-30H,5,7-12H2,1-3H3,(H,27,31)/b6-4-/t14-,15+,16+,17-,18+,19+,20-,21-,22-,23-,25+/m1/s1. The minimum absolute atomic E-state index is 0.174. The van der Waals surface area contributed by atoms with E-state index in [1.807, 2.05) is 19.1 Å². The van der Waals surface area contributed by atoms with Gasteiger partial charge in [-0.25, -0.2) is 0 Å². The predicted octanol–water partition coefficient (Wildman–Crippen LogP) is 0.321. The largest absolute Gasteiger partial charge is 0.388 e. The highest BCUT2D eigenvalue weighted by atomic mass is 16.7. The molecule has 0 aromatic rings. The lowest BCUT2D eigenvalue weighted by molar-refractivity contribution is -0.302. The molecule has 0 radical (unpaired) electrons. The molecule has 34 heavy (non-hydrogen) atoms. The molecule has 4 heterocycles. The van der Waals surface area contributed by atoms with Crippen LogP contribution in [0, 0.1) is 23.7 Å². The zero-order valence-corrected chi connectivity index (χ0v) is 20.5.